The normalized spacial score (nSPS) is 15.1. The molecule has 0 amide bonds. The molecule has 0 unspecified atom stereocenters. The molecule has 4 heterocycles. The summed E-state index contributed by atoms with van der Waals surface area (Å²) < 4.78 is 157. The van der Waals surface area contributed by atoms with Crippen LogP contribution < -0.4 is 26.2 Å². The number of hydrogen-bond donors (Lipinski definition) is 0. The van der Waals surface area contributed by atoms with Gasteiger partial charge in [-0.25, -0.2) is 0 Å². The summed E-state index contributed by atoms with van der Waals surface area (Å²) in [7, 11) is 0. The van der Waals surface area contributed by atoms with E-state index >= 15 is 0 Å². The molecule has 0 radical (unpaired) electrons. The SMILES string of the molecule is [2H]c1c([2H])c([2H])c2c(c1[2H])c1c([2H])c([2H])c([2H])c([2H])c1n2-c1ccc2c(c1)N(c1c(-c3cccc(-c4ccccc4)c3)cc(C(C)(C)C)cc1-c1cccc(C(C)(C)C)c1)c1cc(C(C)(C)C)cc3c1B2c1ccc(-n2c4c([2H])c([2H])c([2H])c([2H])c4c4c([2H])c([2H])c([2H])c([2H])c42)cc1N3c1c(-c2cccc(-c3ccccc3)c2)cc(C(C)(C)C)cc1-c1cccc(C(C)(C)C)c1. The largest absolute Gasteiger partial charge is 0.310 e. The maximum atomic E-state index is 10.1. The highest BCUT2D eigenvalue weighted by molar-refractivity contribution is 7.00. The molecular weight excluding hydrogens is 1390 g/mol. The zero-order chi connectivity index (χ0) is 93.3. The van der Waals surface area contributed by atoms with Crippen LogP contribution >= 0.6 is 0 Å². The van der Waals surface area contributed by atoms with Gasteiger partial charge in [0.2, 0.25) is 0 Å². The Morgan fingerprint density at radius 2 is 0.530 bits per heavy atom. The third-order valence-electron chi connectivity index (χ3n) is 23.5. The van der Waals surface area contributed by atoms with Crippen molar-refractivity contribution in [1.29, 1.82) is 0 Å². The second-order valence-electron chi connectivity index (χ2n) is 36.2. The molecule has 0 atom stereocenters. The van der Waals surface area contributed by atoms with E-state index in [0.29, 0.717) is 22.7 Å². The molecule has 4 nitrogen and oxygen atoms in total. The van der Waals surface area contributed by atoms with Gasteiger partial charge in [-0.1, -0.05) is 334 Å². The summed E-state index contributed by atoms with van der Waals surface area (Å²) in [5.74, 6) is 0. The van der Waals surface area contributed by atoms with Crippen LogP contribution in [0.3, 0.4) is 0 Å². The number of benzene rings is 15. The summed E-state index contributed by atoms with van der Waals surface area (Å²) in [5, 5.41) is -0.298. The molecule has 2 aliphatic heterocycles. The maximum absolute atomic E-state index is 10.1. The van der Waals surface area contributed by atoms with Gasteiger partial charge in [0.1, 0.15) is 0 Å². The molecular formula is C110H99BN4. The molecule has 5 heteroatoms. The lowest BCUT2D eigenvalue weighted by atomic mass is 9.33. The molecule has 0 saturated heterocycles. The van der Waals surface area contributed by atoms with Crippen LogP contribution in [0.25, 0.3) is 122 Å². The van der Waals surface area contributed by atoms with Crippen LogP contribution in [0, 0.1) is 0 Å². The van der Waals surface area contributed by atoms with Crippen LogP contribution in [-0.4, -0.2) is 15.8 Å². The van der Waals surface area contributed by atoms with E-state index in [2.05, 4.69) is 284 Å². The maximum Gasteiger partial charge on any atom is 0.252 e. The Morgan fingerprint density at radius 1 is 0.243 bits per heavy atom. The van der Waals surface area contributed by atoms with Gasteiger partial charge in [-0.15, -0.1) is 0 Å². The van der Waals surface area contributed by atoms with Crippen LogP contribution in [0.1, 0.15) is 154 Å². The summed E-state index contributed by atoms with van der Waals surface area (Å²) in [5.41, 5.74) is 20.8. The van der Waals surface area contributed by atoms with Gasteiger partial charge in [0.15, 0.2) is 0 Å². The Hall–Kier alpha value is -12.4. The van der Waals surface area contributed by atoms with Crippen LogP contribution in [0.15, 0.2) is 327 Å². The quantitative estimate of drug-likeness (QED) is 0.127. The van der Waals surface area contributed by atoms with E-state index < -0.39 is 120 Å². The topological polar surface area (TPSA) is 16.3 Å². The van der Waals surface area contributed by atoms with E-state index in [1.807, 2.05) is 60.7 Å². The number of nitrogens with zero attached hydrogens (tertiary/aromatic N) is 4. The average Bonchev–Trinajstić information content (AvgIpc) is 1.65. The molecule has 0 N–H and O–H groups in total. The van der Waals surface area contributed by atoms with Crippen molar-refractivity contribution in [1.82, 2.24) is 9.13 Å². The molecule has 2 aromatic heterocycles. The molecule has 2 aliphatic rings. The zero-order valence-electron chi connectivity index (χ0n) is 83.8. The summed E-state index contributed by atoms with van der Waals surface area (Å²) >= 11 is 0. The van der Waals surface area contributed by atoms with E-state index in [9.17, 15) is 21.9 Å². The van der Waals surface area contributed by atoms with E-state index in [4.69, 9.17) is 0 Å². The molecule has 0 saturated carbocycles. The molecule has 115 heavy (non-hydrogen) atoms. The van der Waals surface area contributed by atoms with Crippen molar-refractivity contribution in [2.45, 2.75) is 131 Å². The minimum Gasteiger partial charge on any atom is -0.310 e. The van der Waals surface area contributed by atoms with Gasteiger partial charge in [0, 0.05) is 77.9 Å². The molecule has 0 bridgehead atoms. The third-order valence-corrected chi connectivity index (χ3v) is 23.5. The van der Waals surface area contributed by atoms with Crippen LogP contribution in [-0.2, 0) is 27.1 Å². The predicted octanol–water partition coefficient (Wildman–Crippen LogP) is 28.5. The van der Waals surface area contributed by atoms with Crippen LogP contribution in [0.5, 0.6) is 0 Å². The lowest BCUT2D eigenvalue weighted by molar-refractivity contribution is 0.589. The first-order valence-corrected chi connectivity index (χ1v) is 39.8. The van der Waals surface area contributed by atoms with E-state index in [1.165, 1.54) is 0 Å². The van der Waals surface area contributed by atoms with Gasteiger partial charge in [-0.2, -0.15) is 0 Å². The van der Waals surface area contributed by atoms with Crippen molar-refractivity contribution >= 4 is 101 Å². The van der Waals surface area contributed by atoms with Gasteiger partial charge < -0.3 is 18.9 Å². The minimum atomic E-state index is -0.812. The Labute approximate surface area is 702 Å². The van der Waals surface area contributed by atoms with Crippen molar-refractivity contribution in [3.8, 4) is 78.1 Å². The van der Waals surface area contributed by atoms with Gasteiger partial charge in [0.25, 0.3) is 6.71 Å². The Bertz CT molecular complexity index is 7170. The number of fused-ring (bicyclic) bond motifs is 10. The summed E-state index contributed by atoms with van der Waals surface area (Å²) in [6, 6.07) is 73.3. The highest BCUT2D eigenvalue weighted by Gasteiger charge is 2.47. The molecule has 17 aromatic rings. The fourth-order valence-electron chi connectivity index (χ4n) is 17.3. The number of hydrogen-bond acceptors (Lipinski definition) is 2. The number of anilines is 6. The lowest BCUT2D eigenvalue weighted by Gasteiger charge is -2.47. The van der Waals surface area contributed by atoms with Crippen molar-refractivity contribution in [2.24, 2.45) is 0 Å². The molecule has 562 valence electrons. The highest BCUT2D eigenvalue weighted by atomic mass is 15.2. The average molecular weight is 1500 g/mol. The molecule has 0 aliphatic carbocycles. The lowest BCUT2D eigenvalue weighted by Crippen LogP contribution is -2.61. The molecule has 0 fully saturated rings. The monoisotopic (exact) mass is 1500 g/mol. The van der Waals surface area contributed by atoms with Crippen LogP contribution in [0.4, 0.5) is 34.1 Å². The first-order chi connectivity index (χ1) is 61.8. The van der Waals surface area contributed by atoms with E-state index in [-0.39, 0.29) is 54.4 Å². The number of para-hydroxylation sites is 4. The van der Waals surface area contributed by atoms with Gasteiger partial charge in [0.05, 0.1) is 55.4 Å². The summed E-state index contributed by atoms with van der Waals surface area (Å²) in [6.45, 7) is 32.5. The van der Waals surface area contributed by atoms with Crippen molar-refractivity contribution in [3.63, 3.8) is 0 Å². The van der Waals surface area contributed by atoms with Gasteiger partial charge >= 0.3 is 0 Å². The van der Waals surface area contributed by atoms with Crippen LogP contribution in [0.2, 0.25) is 0 Å². The Morgan fingerprint density at radius 3 is 0.861 bits per heavy atom. The Balaban J connectivity index is 1.06. The minimum absolute atomic E-state index is 0.0527. The molecule has 15 aromatic carbocycles. The number of aromatic nitrogens is 2. The molecule has 19 rings (SSSR count). The van der Waals surface area contributed by atoms with E-state index in [0.717, 1.165) is 134 Å². The summed E-state index contributed by atoms with van der Waals surface area (Å²) in [4.78, 5) is 4.80. The van der Waals surface area contributed by atoms with E-state index in [1.54, 1.807) is 9.13 Å². The smallest absolute Gasteiger partial charge is 0.252 e. The van der Waals surface area contributed by atoms with Crippen molar-refractivity contribution in [3.05, 3.63) is 355 Å². The molecule has 0 spiro atoms. The van der Waals surface area contributed by atoms with Gasteiger partial charge in [-0.05, 0) is 213 Å². The highest BCUT2D eigenvalue weighted by Crippen LogP contribution is 2.57. The van der Waals surface area contributed by atoms with Crippen molar-refractivity contribution < 1.29 is 21.9 Å². The third kappa shape index (κ3) is 12.5. The van der Waals surface area contributed by atoms with Crippen molar-refractivity contribution in [2.75, 3.05) is 9.80 Å². The predicted molar refractivity (Wildman–Crippen MR) is 495 cm³/mol. The number of rotatable bonds is 10. The first kappa shape index (κ1) is 56.7. The van der Waals surface area contributed by atoms with Gasteiger partial charge in [-0.3, -0.25) is 0 Å². The second-order valence-corrected chi connectivity index (χ2v) is 36.2. The fraction of sp³-hybridized carbons (Fsp3) is 0.182. The first-order valence-electron chi connectivity index (χ1n) is 47.8. The standard InChI is InChI=1S/C110H99BN4/c1-106(2,3)78-44-32-42-76(60-78)91-64-80(108(7,8)9)62-89(74-40-30-38-72(58-74)70-34-18-16-19-35-70)104(91)114-99-68-83(112-95-50-26-22-46-85(95)86-47-23-27-51-96(86)112)54-56-93(99)111-94-57-55-84(113-97-52-28-24-48-87(97)88-49-25-29-53-98(88)113)69-100(94)115(102-67-82(110(13,14)15)66-101(114)103(102)111)105-90(75-41-31-39-73(59-75)71-36-20-17-21-37-71)63-81(109(10,11)12)65-92(105)77-43-33-45-79(61-77)107(4,5)6/h16-69H,1-15H3/i22D,23D,24D,25D,26D,27D,28D,29D,46D,47D,48D,49D,50D,51D,52D,53D. The zero-order valence-corrected chi connectivity index (χ0v) is 67.8. The fourth-order valence-corrected chi connectivity index (χ4v) is 17.3. The second kappa shape index (κ2) is 27.1. The summed E-state index contributed by atoms with van der Waals surface area (Å²) in [6.07, 6.45) is 0. The Kier molecular flexibility index (Phi) is 13.4.